The molecule has 2 nitrogen and oxygen atoms in total. The van der Waals surface area contributed by atoms with Gasteiger partial charge in [0.25, 0.3) is 0 Å². The van der Waals surface area contributed by atoms with Crippen LogP contribution in [0.2, 0.25) is 0 Å². The number of fused-ring (bicyclic) bond motifs is 1. The highest BCUT2D eigenvalue weighted by Crippen LogP contribution is 2.47. The van der Waals surface area contributed by atoms with E-state index in [-0.39, 0.29) is 17.1 Å². The second-order valence-corrected chi connectivity index (χ2v) is 5.28. The number of hydrogen-bond donors (Lipinski definition) is 0. The van der Waals surface area contributed by atoms with Gasteiger partial charge < -0.3 is 4.90 Å². The van der Waals surface area contributed by atoms with E-state index in [9.17, 15) is 4.79 Å². The monoisotopic (exact) mass is 263 g/mol. The van der Waals surface area contributed by atoms with Crippen LogP contribution in [-0.2, 0) is 10.2 Å². The summed E-state index contributed by atoms with van der Waals surface area (Å²) >= 11 is 5.61. The number of carbonyl (C=O) groups is 1. The average molecular weight is 264 g/mol. The van der Waals surface area contributed by atoms with E-state index in [1.165, 1.54) is 11.3 Å². The van der Waals surface area contributed by atoms with E-state index in [2.05, 4.69) is 37.8 Å². The van der Waals surface area contributed by atoms with Gasteiger partial charge >= 0.3 is 0 Å². The summed E-state index contributed by atoms with van der Waals surface area (Å²) in [5.74, 6) is -0.000915. The molecule has 0 bridgehead atoms. The summed E-state index contributed by atoms with van der Waals surface area (Å²) in [5, 5.41) is 0. The van der Waals surface area contributed by atoms with Crippen LogP contribution in [-0.4, -0.2) is 18.2 Å². The number of benzene rings is 1. The predicted octanol–water partition coefficient (Wildman–Crippen LogP) is 3.50. The van der Waals surface area contributed by atoms with Crippen LogP contribution in [0.3, 0.4) is 0 Å². The van der Waals surface area contributed by atoms with Crippen molar-refractivity contribution in [1.82, 2.24) is 0 Å². The minimum Gasteiger partial charge on any atom is -0.344 e. The van der Waals surface area contributed by atoms with Gasteiger partial charge in [-0.3, -0.25) is 4.79 Å². The molecule has 18 heavy (non-hydrogen) atoms. The van der Waals surface area contributed by atoms with Gasteiger partial charge in [0.15, 0.2) is 5.78 Å². The molecular formula is C15H18ClNO. The van der Waals surface area contributed by atoms with Gasteiger partial charge in [-0.25, -0.2) is 0 Å². The molecule has 1 aliphatic heterocycles. The molecule has 0 atom stereocenters. The molecule has 1 aliphatic rings. The molecule has 1 aromatic carbocycles. The van der Waals surface area contributed by atoms with Crippen LogP contribution in [0.5, 0.6) is 0 Å². The quantitative estimate of drug-likeness (QED) is 0.615. The number of ketones is 1. The van der Waals surface area contributed by atoms with Gasteiger partial charge in [-0.15, -0.1) is 11.6 Å². The number of para-hydroxylation sites is 1. The summed E-state index contributed by atoms with van der Waals surface area (Å²) in [7, 11) is 0. The van der Waals surface area contributed by atoms with Gasteiger partial charge in [-0.05, 0) is 18.6 Å². The van der Waals surface area contributed by atoms with Crippen LogP contribution >= 0.6 is 11.6 Å². The number of likely N-dealkylation sites (N-methyl/N-ethyl adjacent to an activating group) is 1. The lowest BCUT2D eigenvalue weighted by Crippen LogP contribution is -2.27. The fourth-order valence-electron chi connectivity index (χ4n) is 2.63. The lowest BCUT2D eigenvalue weighted by atomic mass is 9.83. The Kier molecular flexibility index (Phi) is 3.49. The van der Waals surface area contributed by atoms with Crippen LogP contribution in [0.4, 0.5) is 5.69 Å². The molecule has 1 aromatic rings. The van der Waals surface area contributed by atoms with Gasteiger partial charge in [0.05, 0.1) is 5.88 Å². The summed E-state index contributed by atoms with van der Waals surface area (Å²) in [6, 6.07) is 8.31. The number of alkyl halides is 1. The van der Waals surface area contributed by atoms with Gasteiger partial charge in [-0.2, -0.15) is 0 Å². The van der Waals surface area contributed by atoms with E-state index in [0.29, 0.717) is 0 Å². The normalized spacial score (nSPS) is 19.1. The van der Waals surface area contributed by atoms with Crippen molar-refractivity contribution in [2.45, 2.75) is 26.2 Å². The summed E-state index contributed by atoms with van der Waals surface area (Å²) < 4.78 is 0. The number of anilines is 1. The third kappa shape index (κ3) is 1.95. The molecule has 96 valence electrons. The number of halogens is 1. The van der Waals surface area contributed by atoms with Crippen LogP contribution in [0.15, 0.2) is 36.0 Å². The largest absolute Gasteiger partial charge is 0.344 e. The SMILES string of the molecule is CCN1/C(=C\C(=O)CCl)C(C)(C)c2ccccc21. The van der Waals surface area contributed by atoms with Gasteiger partial charge in [-0.1, -0.05) is 32.0 Å². The zero-order valence-corrected chi connectivity index (χ0v) is 11.8. The zero-order chi connectivity index (χ0) is 13.3. The number of allylic oxidation sites excluding steroid dienone is 2. The third-order valence-electron chi connectivity index (χ3n) is 3.54. The maximum Gasteiger partial charge on any atom is 0.172 e. The first-order valence-corrected chi connectivity index (χ1v) is 6.73. The lowest BCUT2D eigenvalue weighted by molar-refractivity contribution is -0.112. The van der Waals surface area contributed by atoms with Crippen molar-refractivity contribution >= 4 is 23.1 Å². The summed E-state index contributed by atoms with van der Waals surface area (Å²) in [6.45, 7) is 7.24. The molecule has 0 spiro atoms. The van der Waals surface area contributed by atoms with E-state index < -0.39 is 0 Å². The smallest absolute Gasteiger partial charge is 0.172 e. The average Bonchev–Trinajstić information content (AvgIpc) is 2.58. The van der Waals surface area contributed by atoms with Crippen molar-refractivity contribution in [2.75, 3.05) is 17.3 Å². The number of rotatable bonds is 3. The molecule has 0 radical (unpaired) electrons. The van der Waals surface area contributed by atoms with Gasteiger partial charge in [0.2, 0.25) is 0 Å². The predicted molar refractivity (Wildman–Crippen MR) is 76.3 cm³/mol. The Hall–Kier alpha value is -1.28. The maximum absolute atomic E-state index is 11.6. The number of carbonyl (C=O) groups excluding carboxylic acids is 1. The standard InChI is InChI=1S/C15H18ClNO/c1-4-17-13-8-6-5-7-12(13)15(2,3)14(17)9-11(18)10-16/h5-9H,4,10H2,1-3H3/b14-9-. The highest BCUT2D eigenvalue weighted by Gasteiger charge is 2.39. The minimum atomic E-state index is -0.145. The zero-order valence-electron chi connectivity index (χ0n) is 11.0. The second kappa shape index (κ2) is 4.77. The van der Waals surface area contributed by atoms with E-state index >= 15 is 0 Å². The van der Waals surface area contributed by atoms with Crippen molar-refractivity contribution in [3.63, 3.8) is 0 Å². The Morgan fingerprint density at radius 2 is 2.06 bits per heavy atom. The van der Waals surface area contributed by atoms with Crippen molar-refractivity contribution < 1.29 is 4.79 Å². The highest BCUT2D eigenvalue weighted by molar-refractivity contribution is 6.29. The first kappa shape index (κ1) is 13.2. The molecule has 0 aliphatic carbocycles. The van der Waals surface area contributed by atoms with E-state index in [4.69, 9.17) is 11.6 Å². The summed E-state index contributed by atoms with van der Waals surface area (Å²) in [4.78, 5) is 13.8. The van der Waals surface area contributed by atoms with E-state index in [1.54, 1.807) is 6.08 Å². The topological polar surface area (TPSA) is 20.3 Å². The molecule has 0 saturated heterocycles. The molecule has 0 unspecified atom stereocenters. The first-order valence-electron chi connectivity index (χ1n) is 6.20. The Morgan fingerprint density at radius 3 is 2.67 bits per heavy atom. The number of hydrogen-bond acceptors (Lipinski definition) is 2. The Balaban J connectivity index is 2.57. The fraction of sp³-hybridized carbons (Fsp3) is 0.400. The molecular weight excluding hydrogens is 246 g/mol. The van der Waals surface area contributed by atoms with Crippen molar-refractivity contribution in [3.05, 3.63) is 41.6 Å². The molecule has 0 fully saturated rings. The Labute approximate surface area is 113 Å². The third-order valence-corrected chi connectivity index (χ3v) is 3.81. The maximum atomic E-state index is 11.6. The Bertz CT molecular complexity index is 505. The highest BCUT2D eigenvalue weighted by atomic mass is 35.5. The van der Waals surface area contributed by atoms with Crippen molar-refractivity contribution in [1.29, 1.82) is 0 Å². The minimum absolute atomic E-state index is 0.0352. The van der Waals surface area contributed by atoms with Crippen LogP contribution in [0.1, 0.15) is 26.3 Å². The molecule has 0 aromatic heterocycles. The van der Waals surface area contributed by atoms with E-state index in [0.717, 1.165) is 12.2 Å². The second-order valence-electron chi connectivity index (χ2n) is 5.02. The van der Waals surface area contributed by atoms with E-state index in [1.807, 2.05) is 12.1 Å². The first-order chi connectivity index (χ1) is 8.52. The molecule has 3 heteroatoms. The lowest BCUT2D eigenvalue weighted by Gasteiger charge is -2.25. The Morgan fingerprint density at radius 1 is 1.39 bits per heavy atom. The van der Waals surface area contributed by atoms with Crippen LogP contribution in [0.25, 0.3) is 0 Å². The molecule has 0 amide bonds. The molecule has 0 N–H and O–H groups in total. The fourth-order valence-corrected chi connectivity index (χ4v) is 2.71. The van der Waals surface area contributed by atoms with Crippen LogP contribution < -0.4 is 4.90 Å². The summed E-state index contributed by atoms with van der Waals surface area (Å²) in [5.41, 5.74) is 3.35. The van der Waals surface area contributed by atoms with Crippen molar-refractivity contribution in [2.24, 2.45) is 0 Å². The van der Waals surface area contributed by atoms with Crippen molar-refractivity contribution in [3.8, 4) is 0 Å². The molecule has 1 heterocycles. The number of nitrogens with zero attached hydrogens (tertiary/aromatic N) is 1. The molecule has 0 saturated carbocycles. The van der Waals surface area contributed by atoms with Gasteiger partial charge in [0, 0.05) is 29.4 Å². The van der Waals surface area contributed by atoms with Gasteiger partial charge in [0.1, 0.15) is 0 Å². The summed E-state index contributed by atoms with van der Waals surface area (Å²) in [6.07, 6.45) is 1.69. The van der Waals surface area contributed by atoms with Crippen LogP contribution in [0, 0.1) is 0 Å². The molecule has 2 rings (SSSR count).